The van der Waals surface area contributed by atoms with E-state index in [1.54, 1.807) is 60.7 Å². The van der Waals surface area contributed by atoms with E-state index < -0.39 is 0 Å². The summed E-state index contributed by atoms with van der Waals surface area (Å²) in [5.74, 6) is -0.590. The van der Waals surface area contributed by atoms with Gasteiger partial charge in [0.2, 0.25) is 0 Å². The van der Waals surface area contributed by atoms with Crippen molar-refractivity contribution in [2.45, 2.75) is 0 Å². The van der Waals surface area contributed by atoms with Gasteiger partial charge in [-0.25, -0.2) is 0 Å². The van der Waals surface area contributed by atoms with Gasteiger partial charge in [-0.1, -0.05) is 47.5 Å². The molecule has 4 nitrogen and oxygen atoms in total. The highest BCUT2D eigenvalue weighted by atomic mass is 35.5. The standard InChI is InChI=1S/C20H14Cl2N2O2/c21-14-9-10-17(18(22)11-14)20(26)24-16-8-4-7-15(12-16)23-19(25)13-5-2-1-3-6-13/h1-12H,(H,23,25)(H,24,26). The van der Waals surface area contributed by atoms with E-state index in [-0.39, 0.29) is 16.8 Å². The van der Waals surface area contributed by atoms with Gasteiger partial charge in [0, 0.05) is 22.0 Å². The van der Waals surface area contributed by atoms with Gasteiger partial charge >= 0.3 is 0 Å². The molecule has 6 heteroatoms. The van der Waals surface area contributed by atoms with E-state index in [4.69, 9.17) is 23.2 Å². The van der Waals surface area contributed by atoms with Crippen LogP contribution in [0.15, 0.2) is 72.8 Å². The average Bonchev–Trinajstić information content (AvgIpc) is 2.62. The summed E-state index contributed by atoms with van der Waals surface area (Å²) in [6.07, 6.45) is 0. The van der Waals surface area contributed by atoms with E-state index in [2.05, 4.69) is 10.6 Å². The molecule has 0 unspecified atom stereocenters. The number of carbonyl (C=O) groups is 2. The zero-order valence-corrected chi connectivity index (χ0v) is 15.0. The van der Waals surface area contributed by atoms with Crippen molar-refractivity contribution in [2.24, 2.45) is 0 Å². The second-order valence-corrected chi connectivity index (χ2v) is 6.32. The van der Waals surface area contributed by atoms with E-state index in [0.29, 0.717) is 27.5 Å². The summed E-state index contributed by atoms with van der Waals surface area (Å²) >= 11 is 11.9. The van der Waals surface area contributed by atoms with Crippen LogP contribution in [0.2, 0.25) is 10.0 Å². The number of nitrogens with one attached hydrogen (secondary N) is 2. The minimum Gasteiger partial charge on any atom is -0.322 e. The maximum absolute atomic E-state index is 12.4. The number of benzene rings is 3. The molecule has 26 heavy (non-hydrogen) atoms. The van der Waals surface area contributed by atoms with Crippen molar-refractivity contribution in [3.63, 3.8) is 0 Å². The summed E-state index contributed by atoms with van der Waals surface area (Å²) in [6, 6.07) is 20.4. The number of amides is 2. The third-order valence-corrected chi connectivity index (χ3v) is 4.14. The van der Waals surface area contributed by atoms with Crippen molar-refractivity contribution in [1.82, 2.24) is 0 Å². The van der Waals surface area contributed by atoms with Crippen molar-refractivity contribution < 1.29 is 9.59 Å². The minimum absolute atomic E-state index is 0.227. The van der Waals surface area contributed by atoms with Crippen LogP contribution < -0.4 is 10.6 Å². The molecule has 2 amide bonds. The van der Waals surface area contributed by atoms with Crippen LogP contribution in [0.4, 0.5) is 11.4 Å². The highest BCUT2D eigenvalue weighted by molar-refractivity contribution is 6.37. The molecule has 3 aromatic rings. The molecule has 3 aromatic carbocycles. The van der Waals surface area contributed by atoms with E-state index in [1.165, 1.54) is 6.07 Å². The van der Waals surface area contributed by atoms with Gasteiger partial charge in [0.05, 0.1) is 10.6 Å². The number of halogens is 2. The molecule has 0 aliphatic carbocycles. The molecule has 0 atom stereocenters. The topological polar surface area (TPSA) is 58.2 Å². The minimum atomic E-state index is -0.363. The van der Waals surface area contributed by atoms with Crippen LogP contribution in [0, 0.1) is 0 Å². The van der Waals surface area contributed by atoms with Crippen LogP contribution in [0.1, 0.15) is 20.7 Å². The Labute approximate surface area is 160 Å². The molecule has 0 spiro atoms. The smallest absolute Gasteiger partial charge is 0.257 e. The van der Waals surface area contributed by atoms with Gasteiger partial charge in [-0.3, -0.25) is 9.59 Å². The molecular formula is C20H14Cl2N2O2. The maximum atomic E-state index is 12.4. The number of rotatable bonds is 4. The quantitative estimate of drug-likeness (QED) is 0.623. The van der Waals surface area contributed by atoms with Crippen LogP contribution in [0.5, 0.6) is 0 Å². The molecule has 3 rings (SSSR count). The molecular weight excluding hydrogens is 371 g/mol. The molecule has 0 saturated heterocycles. The second-order valence-electron chi connectivity index (χ2n) is 5.48. The Morgan fingerprint density at radius 1 is 0.692 bits per heavy atom. The van der Waals surface area contributed by atoms with Crippen molar-refractivity contribution in [2.75, 3.05) is 10.6 Å². The van der Waals surface area contributed by atoms with Crippen molar-refractivity contribution in [3.8, 4) is 0 Å². The molecule has 130 valence electrons. The lowest BCUT2D eigenvalue weighted by Gasteiger charge is -2.10. The van der Waals surface area contributed by atoms with Crippen molar-refractivity contribution >= 4 is 46.4 Å². The average molecular weight is 385 g/mol. The summed E-state index contributed by atoms with van der Waals surface area (Å²) in [5.41, 5.74) is 1.97. The van der Waals surface area contributed by atoms with Gasteiger partial charge in [-0.15, -0.1) is 0 Å². The maximum Gasteiger partial charge on any atom is 0.257 e. The summed E-state index contributed by atoms with van der Waals surface area (Å²) in [6.45, 7) is 0. The van der Waals surface area contributed by atoms with Gasteiger partial charge in [-0.05, 0) is 48.5 Å². The van der Waals surface area contributed by atoms with Crippen LogP contribution in [0.25, 0.3) is 0 Å². The van der Waals surface area contributed by atoms with Gasteiger partial charge in [-0.2, -0.15) is 0 Å². The summed E-state index contributed by atoms with van der Waals surface area (Å²) in [5, 5.41) is 6.27. The molecule has 0 heterocycles. The fourth-order valence-electron chi connectivity index (χ4n) is 2.34. The predicted molar refractivity (Wildman–Crippen MR) is 105 cm³/mol. The molecule has 0 saturated carbocycles. The monoisotopic (exact) mass is 384 g/mol. The first kappa shape index (κ1) is 18.0. The van der Waals surface area contributed by atoms with Gasteiger partial charge in [0.25, 0.3) is 11.8 Å². The summed E-state index contributed by atoms with van der Waals surface area (Å²) in [7, 11) is 0. The number of anilines is 2. The zero-order chi connectivity index (χ0) is 18.5. The highest BCUT2D eigenvalue weighted by Gasteiger charge is 2.12. The Hall–Kier alpha value is -2.82. The van der Waals surface area contributed by atoms with Crippen LogP contribution in [0.3, 0.4) is 0 Å². The first-order valence-electron chi connectivity index (χ1n) is 7.76. The Morgan fingerprint density at radius 2 is 1.35 bits per heavy atom. The molecule has 0 bridgehead atoms. The molecule has 0 aliphatic heterocycles. The zero-order valence-electron chi connectivity index (χ0n) is 13.5. The van der Waals surface area contributed by atoms with Crippen molar-refractivity contribution in [3.05, 3.63) is 94.0 Å². The Morgan fingerprint density at radius 3 is 2.00 bits per heavy atom. The largest absolute Gasteiger partial charge is 0.322 e. The van der Waals surface area contributed by atoms with Gasteiger partial charge < -0.3 is 10.6 Å². The van der Waals surface area contributed by atoms with E-state index >= 15 is 0 Å². The molecule has 0 aromatic heterocycles. The Kier molecular flexibility index (Phi) is 5.56. The number of carbonyl (C=O) groups excluding carboxylic acids is 2. The third-order valence-electron chi connectivity index (χ3n) is 3.59. The van der Waals surface area contributed by atoms with E-state index in [0.717, 1.165) is 0 Å². The SMILES string of the molecule is O=C(Nc1cccc(NC(=O)c2ccc(Cl)cc2Cl)c1)c1ccccc1. The molecule has 0 fully saturated rings. The van der Waals surface area contributed by atoms with Crippen LogP contribution in [-0.4, -0.2) is 11.8 Å². The lowest BCUT2D eigenvalue weighted by Crippen LogP contribution is -2.14. The molecule has 2 N–H and O–H groups in total. The Bertz CT molecular complexity index is 959. The highest BCUT2D eigenvalue weighted by Crippen LogP contribution is 2.23. The van der Waals surface area contributed by atoms with Crippen LogP contribution >= 0.6 is 23.2 Å². The second kappa shape index (κ2) is 8.04. The third kappa shape index (κ3) is 4.42. The fraction of sp³-hybridized carbons (Fsp3) is 0. The first-order chi connectivity index (χ1) is 12.5. The van der Waals surface area contributed by atoms with Crippen LogP contribution in [-0.2, 0) is 0 Å². The Balaban J connectivity index is 1.73. The van der Waals surface area contributed by atoms with Gasteiger partial charge in [0.1, 0.15) is 0 Å². The summed E-state index contributed by atoms with van der Waals surface area (Å²) in [4.78, 5) is 24.6. The number of hydrogen-bond donors (Lipinski definition) is 2. The first-order valence-corrected chi connectivity index (χ1v) is 8.51. The van der Waals surface area contributed by atoms with E-state index in [9.17, 15) is 9.59 Å². The lowest BCUT2D eigenvalue weighted by molar-refractivity contribution is 0.101. The summed E-state index contributed by atoms with van der Waals surface area (Å²) < 4.78 is 0. The number of hydrogen-bond acceptors (Lipinski definition) is 2. The van der Waals surface area contributed by atoms with Gasteiger partial charge in [0.15, 0.2) is 0 Å². The lowest BCUT2D eigenvalue weighted by atomic mass is 10.2. The van der Waals surface area contributed by atoms with E-state index in [1.807, 2.05) is 6.07 Å². The predicted octanol–water partition coefficient (Wildman–Crippen LogP) is 5.50. The molecule has 0 aliphatic rings. The van der Waals surface area contributed by atoms with Crippen molar-refractivity contribution in [1.29, 1.82) is 0 Å². The normalized spacial score (nSPS) is 10.2. The fourth-order valence-corrected chi connectivity index (χ4v) is 2.83. The molecule has 0 radical (unpaired) electrons.